The van der Waals surface area contributed by atoms with E-state index < -0.39 is 44.4 Å². The minimum atomic E-state index is -5.13. The van der Waals surface area contributed by atoms with Crippen LogP contribution < -0.4 is 5.48 Å². The molecule has 0 radical (unpaired) electrons. The second kappa shape index (κ2) is 11.0. The van der Waals surface area contributed by atoms with Crippen molar-refractivity contribution < 1.29 is 45.5 Å². The lowest BCUT2D eigenvalue weighted by molar-refractivity contribution is -0.319. The monoisotopic (exact) mass is 536 g/mol. The van der Waals surface area contributed by atoms with Crippen molar-refractivity contribution in [2.24, 2.45) is 0 Å². The molecule has 1 atom stereocenters. The van der Waals surface area contributed by atoms with E-state index in [0.29, 0.717) is 24.3 Å². The Morgan fingerprint density at radius 1 is 1.22 bits per heavy atom. The van der Waals surface area contributed by atoms with Crippen molar-refractivity contribution >= 4 is 21.3 Å². The molecule has 1 aliphatic heterocycles. The minimum Gasteiger partial charge on any atom is -0.383 e. The van der Waals surface area contributed by atoms with Gasteiger partial charge in [0.2, 0.25) is 0 Å². The van der Waals surface area contributed by atoms with Gasteiger partial charge in [0, 0.05) is 33.2 Å². The molecule has 1 heterocycles. The first-order chi connectivity index (χ1) is 16.9. The number of halogens is 4. The first kappa shape index (κ1) is 28.3. The Morgan fingerprint density at radius 3 is 2.36 bits per heavy atom. The van der Waals surface area contributed by atoms with Gasteiger partial charge >= 0.3 is 12.5 Å². The van der Waals surface area contributed by atoms with E-state index in [-0.39, 0.29) is 25.9 Å². The van der Waals surface area contributed by atoms with Gasteiger partial charge in [-0.1, -0.05) is 42.5 Å². The van der Waals surface area contributed by atoms with Crippen molar-refractivity contribution in [1.29, 1.82) is 0 Å². The Kier molecular flexibility index (Phi) is 8.61. The molecule has 1 aliphatic carbocycles. The summed E-state index contributed by atoms with van der Waals surface area (Å²) < 4.78 is 89.9. The van der Waals surface area contributed by atoms with E-state index in [9.17, 15) is 36.0 Å². The molecule has 2 aliphatic rings. The van der Waals surface area contributed by atoms with Gasteiger partial charge < -0.3 is 9.64 Å². The number of nitrogens with one attached hydrogen (secondary N) is 1. The second-order valence-corrected chi connectivity index (χ2v) is 11.1. The van der Waals surface area contributed by atoms with Crippen LogP contribution in [0.5, 0.6) is 0 Å². The molecule has 0 saturated carbocycles. The van der Waals surface area contributed by atoms with Crippen LogP contribution in [-0.2, 0) is 24.1 Å². The molecule has 36 heavy (non-hydrogen) atoms. The van der Waals surface area contributed by atoms with E-state index in [2.05, 4.69) is 4.74 Å². The molecule has 2 N–H and O–H groups in total. The average Bonchev–Trinajstić information content (AvgIpc) is 2.87. The maximum absolute atomic E-state index is 14.2. The predicted molar refractivity (Wildman–Crippen MR) is 122 cm³/mol. The van der Waals surface area contributed by atoms with E-state index in [1.165, 1.54) is 24.7 Å². The zero-order chi connectivity index (χ0) is 26.6. The van der Waals surface area contributed by atoms with Crippen LogP contribution in [0.15, 0.2) is 48.6 Å². The highest BCUT2D eigenvalue weighted by Crippen LogP contribution is 2.47. The SMILES string of the molecule is COCCN1CCC(C(=O)NO)(S(=O)(=O)C2(OC(F)(F)C(F)F)C=CC(c3ccccc3)=CC2)CC1. The number of nitrogens with zero attached hydrogens (tertiary/aromatic N) is 1. The molecular formula is C23H28F4N2O6S. The molecule has 0 aromatic heterocycles. The topological polar surface area (TPSA) is 105 Å². The molecule has 8 nitrogen and oxygen atoms in total. The summed E-state index contributed by atoms with van der Waals surface area (Å²) in [4.78, 5) is 11.6. The summed E-state index contributed by atoms with van der Waals surface area (Å²) in [6.45, 7) is 0.843. The Balaban J connectivity index is 2.06. The Morgan fingerprint density at radius 2 is 1.86 bits per heavy atom. The fourth-order valence-electron chi connectivity index (χ4n) is 4.46. The van der Waals surface area contributed by atoms with Gasteiger partial charge in [-0.15, -0.1) is 0 Å². The zero-order valence-electron chi connectivity index (χ0n) is 19.5. The first-order valence-corrected chi connectivity index (χ1v) is 12.6. The number of likely N-dealkylation sites (tertiary alicyclic amines) is 1. The van der Waals surface area contributed by atoms with Crippen molar-refractivity contribution in [3.05, 3.63) is 54.1 Å². The van der Waals surface area contributed by atoms with Crippen LogP contribution in [0.1, 0.15) is 24.8 Å². The van der Waals surface area contributed by atoms with Gasteiger partial charge in [0.05, 0.1) is 6.61 Å². The number of hydrogen-bond acceptors (Lipinski definition) is 7. The summed E-state index contributed by atoms with van der Waals surface area (Å²) >= 11 is 0. The molecular weight excluding hydrogens is 508 g/mol. The third-order valence-electron chi connectivity index (χ3n) is 6.55. The molecule has 0 spiro atoms. The van der Waals surface area contributed by atoms with Crippen molar-refractivity contribution in [2.75, 3.05) is 33.4 Å². The number of hydroxylamine groups is 1. The van der Waals surface area contributed by atoms with Gasteiger partial charge in [-0.2, -0.15) is 8.78 Å². The molecule has 1 unspecified atom stereocenters. The summed E-state index contributed by atoms with van der Waals surface area (Å²) in [6, 6.07) is 8.56. The van der Waals surface area contributed by atoms with Gasteiger partial charge in [0.1, 0.15) is 0 Å². The minimum absolute atomic E-state index is 0.0478. The third-order valence-corrected chi connectivity index (χ3v) is 9.47. The molecule has 0 bridgehead atoms. The third kappa shape index (κ3) is 5.21. The molecule has 1 fully saturated rings. The summed E-state index contributed by atoms with van der Waals surface area (Å²) in [6.07, 6.45) is -7.73. The molecule has 1 aromatic rings. The highest BCUT2D eigenvalue weighted by atomic mass is 32.2. The van der Waals surface area contributed by atoms with Crippen LogP contribution in [0.25, 0.3) is 5.57 Å². The second-order valence-electron chi connectivity index (χ2n) is 8.61. The largest absolute Gasteiger partial charge is 0.418 e. The number of hydrogen-bond donors (Lipinski definition) is 2. The number of alkyl halides is 4. The van der Waals surface area contributed by atoms with E-state index in [4.69, 9.17) is 4.74 Å². The number of carbonyl (C=O) groups is 1. The first-order valence-electron chi connectivity index (χ1n) is 11.2. The molecule has 3 rings (SSSR count). The Bertz CT molecular complexity index is 1090. The Labute approximate surface area is 206 Å². The number of piperidine rings is 1. The normalized spacial score (nSPS) is 22.9. The number of methoxy groups -OCH3 is 1. The van der Waals surface area contributed by atoms with Crippen molar-refractivity contribution in [3.8, 4) is 0 Å². The van der Waals surface area contributed by atoms with Crippen LogP contribution in [0.2, 0.25) is 0 Å². The highest BCUT2D eigenvalue weighted by Gasteiger charge is 2.64. The van der Waals surface area contributed by atoms with Crippen LogP contribution in [0.4, 0.5) is 17.6 Å². The molecule has 13 heteroatoms. The van der Waals surface area contributed by atoms with E-state index in [1.54, 1.807) is 35.2 Å². The summed E-state index contributed by atoms with van der Waals surface area (Å²) in [7, 11) is -3.65. The number of benzene rings is 1. The fraction of sp³-hybridized carbons (Fsp3) is 0.522. The summed E-state index contributed by atoms with van der Waals surface area (Å²) in [5.41, 5.74) is 2.42. The number of carbonyl (C=O) groups excluding carboxylic acids is 1. The Hall–Kier alpha value is -2.32. The number of amides is 1. The molecule has 200 valence electrons. The lowest BCUT2D eigenvalue weighted by Gasteiger charge is -2.45. The van der Waals surface area contributed by atoms with Crippen molar-refractivity contribution in [1.82, 2.24) is 10.4 Å². The van der Waals surface area contributed by atoms with Gasteiger partial charge in [-0.05, 0) is 30.1 Å². The highest BCUT2D eigenvalue weighted by molar-refractivity contribution is 7.95. The quantitative estimate of drug-likeness (QED) is 0.269. The van der Waals surface area contributed by atoms with Crippen molar-refractivity contribution in [2.45, 2.75) is 41.5 Å². The molecule has 1 aromatic carbocycles. The van der Waals surface area contributed by atoms with Gasteiger partial charge in [0.25, 0.3) is 5.91 Å². The van der Waals surface area contributed by atoms with Crippen LogP contribution >= 0.6 is 0 Å². The van der Waals surface area contributed by atoms with Crippen LogP contribution in [-0.4, -0.2) is 80.0 Å². The van der Waals surface area contributed by atoms with E-state index >= 15 is 0 Å². The molecule has 1 amide bonds. The smallest absolute Gasteiger partial charge is 0.383 e. The maximum Gasteiger partial charge on any atom is 0.418 e. The lowest BCUT2D eigenvalue weighted by atomic mass is 9.94. The summed E-state index contributed by atoms with van der Waals surface area (Å²) in [5, 5.41) is 9.38. The van der Waals surface area contributed by atoms with Gasteiger partial charge in [-0.3, -0.25) is 14.7 Å². The van der Waals surface area contributed by atoms with Crippen LogP contribution in [0.3, 0.4) is 0 Å². The van der Waals surface area contributed by atoms with Crippen molar-refractivity contribution in [3.63, 3.8) is 0 Å². The van der Waals surface area contributed by atoms with E-state index in [0.717, 1.165) is 6.08 Å². The maximum atomic E-state index is 14.2. The average molecular weight is 537 g/mol. The number of rotatable bonds is 10. The van der Waals surface area contributed by atoms with E-state index in [1.807, 2.05) is 0 Å². The standard InChI is InChI=1S/C23H28F4N2O6S/c1-34-16-15-29-13-11-21(12-14-29,20(30)28-31)36(32,33)22(35-23(26,27)19(24)25)9-7-18(8-10-22)17-5-3-2-4-6-17/h2-9,19,31H,10-16H2,1H3,(H,28,30). The van der Waals surface area contributed by atoms with Crippen LogP contribution in [0, 0.1) is 0 Å². The number of sulfone groups is 1. The van der Waals surface area contributed by atoms with Gasteiger partial charge in [-0.25, -0.2) is 22.7 Å². The van der Waals surface area contributed by atoms with Gasteiger partial charge in [0.15, 0.2) is 19.5 Å². The molecule has 1 saturated heterocycles. The predicted octanol–water partition coefficient (Wildman–Crippen LogP) is 3.00. The number of ether oxygens (including phenoxy) is 2. The summed E-state index contributed by atoms with van der Waals surface area (Å²) in [5.74, 6) is -1.34. The number of allylic oxidation sites excluding steroid dienone is 2. The fourth-order valence-corrected chi connectivity index (χ4v) is 6.90. The zero-order valence-corrected chi connectivity index (χ0v) is 20.3. The lowest BCUT2D eigenvalue weighted by Crippen LogP contribution is -2.64.